The van der Waals surface area contributed by atoms with E-state index in [1.54, 1.807) is 18.4 Å². The predicted molar refractivity (Wildman–Crippen MR) is 127 cm³/mol. The van der Waals surface area contributed by atoms with Crippen molar-refractivity contribution in [3.63, 3.8) is 0 Å². The Labute approximate surface area is 193 Å². The number of hydrogen-bond acceptors (Lipinski definition) is 6. The number of piperazine rings is 1. The van der Waals surface area contributed by atoms with Gasteiger partial charge in [-0.2, -0.15) is 0 Å². The number of carbonyl (C=O) groups is 1. The fourth-order valence-electron chi connectivity index (χ4n) is 3.79. The Hall–Kier alpha value is -2.90. The van der Waals surface area contributed by atoms with Crippen LogP contribution in [-0.4, -0.2) is 60.5 Å². The summed E-state index contributed by atoms with van der Waals surface area (Å²) >= 11 is 1.61. The largest absolute Gasteiger partial charge is 0.497 e. The van der Waals surface area contributed by atoms with Gasteiger partial charge in [0.15, 0.2) is 0 Å². The minimum atomic E-state index is 0.0646. The normalized spacial score (nSPS) is 14.4. The molecule has 1 fully saturated rings. The van der Waals surface area contributed by atoms with Gasteiger partial charge in [-0.1, -0.05) is 18.2 Å². The molecule has 1 aliphatic rings. The lowest BCUT2D eigenvalue weighted by Gasteiger charge is -2.34. The maximum atomic E-state index is 13.0. The molecule has 3 aromatic rings. The minimum absolute atomic E-state index is 0.0646. The van der Waals surface area contributed by atoms with Gasteiger partial charge in [0.2, 0.25) is 0 Å². The summed E-state index contributed by atoms with van der Waals surface area (Å²) in [6.07, 6.45) is 0.996. The zero-order chi connectivity index (χ0) is 22.3. The first-order valence-corrected chi connectivity index (χ1v) is 11.8. The predicted octanol–water partition coefficient (Wildman–Crippen LogP) is 4.04. The number of hydrogen-bond donors (Lipinski definition) is 0. The van der Waals surface area contributed by atoms with Gasteiger partial charge in [-0.25, -0.2) is 4.98 Å². The summed E-state index contributed by atoms with van der Waals surface area (Å²) in [6.45, 7) is 6.65. The van der Waals surface area contributed by atoms with E-state index in [2.05, 4.69) is 22.0 Å². The third kappa shape index (κ3) is 5.87. The average molecular weight is 452 g/mol. The SMILES string of the molecule is COc1ccc(CCN2CCN(C(=O)c3cccc(OCc4csc(C)n4)c3)CC2)cc1. The number of benzene rings is 2. The molecule has 1 aromatic heterocycles. The summed E-state index contributed by atoms with van der Waals surface area (Å²) in [5.74, 6) is 1.64. The molecule has 0 atom stereocenters. The number of ether oxygens (including phenoxy) is 2. The van der Waals surface area contributed by atoms with E-state index in [-0.39, 0.29) is 5.91 Å². The third-order valence-electron chi connectivity index (χ3n) is 5.67. The van der Waals surface area contributed by atoms with Gasteiger partial charge in [0, 0.05) is 43.7 Å². The van der Waals surface area contributed by atoms with Crippen molar-refractivity contribution in [2.75, 3.05) is 39.8 Å². The fraction of sp³-hybridized carbons (Fsp3) is 0.360. The van der Waals surface area contributed by atoms with Crippen LogP contribution in [0.5, 0.6) is 11.5 Å². The lowest BCUT2D eigenvalue weighted by molar-refractivity contribution is 0.0638. The highest BCUT2D eigenvalue weighted by atomic mass is 32.1. The Balaban J connectivity index is 1.25. The number of carbonyl (C=O) groups excluding carboxylic acids is 1. The van der Waals surface area contributed by atoms with Crippen LogP contribution >= 0.6 is 11.3 Å². The van der Waals surface area contributed by atoms with Crippen molar-refractivity contribution in [3.8, 4) is 11.5 Å². The van der Waals surface area contributed by atoms with Crippen LogP contribution in [0.1, 0.15) is 26.6 Å². The van der Waals surface area contributed by atoms with E-state index in [0.717, 1.165) is 55.6 Å². The topological polar surface area (TPSA) is 54.9 Å². The molecule has 0 N–H and O–H groups in total. The van der Waals surface area contributed by atoms with E-state index < -0.39 is 0 Å². The first-order valence-electron chi connectivity index (χ1n) is 10.9. The highest BCUT2D eigenvalue weighted by molar-refractivity contribution is 7.09. The van der Waals surface area contributed by atoms with Gasteiger partial charge in [-0.15, -0.1) is 11.3 Å². The number of rotatable bonds is 8. The van der Waals surface area contributed by atoms with Gasteiger partial charge in [-0.3, -0.25) is 9.69 Å². The number of aryl methyl sites for hydroxylation is 1. The molecule has 0 saturated carbocycles. The summed E-state index contributed by atoms with van der Waals surface area (Å²) in [6, 6.07) is 15.7. The van der Waals surface area contributed by atoms with E-state index in [9.17, 15) is 4.79 Å². The number of thiazole rings is 1. The third-order valence-corrected chi connectivity index (χ3v) is 6.49. The second-order valence-electron chi connectivity index (χ2n) is 7.91. The minimum Gasteiger partial charge on any atom is -0.497 e. The van der Waals surface area contributed by atoms with Gasteiger partial charge in [0.1, 0.15) is 18.1 Å². The maximum Gasteiger partial charge on any atom is 0.254 e. The zero-order valence-electron chi connectivity index (χ0n) is 18.6. The quantitative estimate of drug-likeness (QED) is 0.517. The molecule has 0 spiro atoms. The Morgan fingerprint density at radius 1 is 1.06 bits per heavy atom. The number of nitrogens with zero attached hydrogens (tertiary/aromatic N) is 3. The number of aromatic nitrogens is 1. The Bertz CT molecular complexity index is 1030. The molecular weight excluding hydrogens is 422 g/mol. The second kappa shape index (κ2) is 10.6. The van der Waals surface area contributed by atoms with Crippen LogP contribution in [0.25, 0.3) is 0 Å². The first-order chi connectivity index (χ1) is 15.6. The van der Waals surface area contributed by atoms with E-state index >= 15 is 0 Å². The van der Waals surface area contributed by atoms with Gasteiger partial charge >= 0.3 is 0 Å². The van der Waals surface area contributed by atoms with Gasteiger partial charge in [0.05, 0.1) is 17.8 Å². The molecule has 2 heterocycles. The molecule has 168 valence electrons. The number of methoxy groups -OCH3 is 1. The lowest BCUT2D eigenvalue weighted by Crippen LogP contribution is -2.49. The first kappa shape index (κ1) is 22.3. The Kier molecular flexibility index (Phi) is 7.39. The Morgan fingerprint density at radius 2 is 1.84 bits per heavy atom. The summed E-state index contributed by atoms with van der Waals surface area (Å²) in [4.78, 5) is 21.8. The molecule has 0 aliphatic carbocycles. The summed E-state index contributed by atoms with van der Waals surface area (Å²) in [5.41, 5.74) is 2.88. The van der Waals surface area contributed by atoms with E-state index in [0.29, 0.717) is 17.9 Å². The van der Waals surface area contributed by atoms with Crippen LogP contribution in [-0.2, 0) is 13.0 Å². The van der Waals surface area contributed by atoms with Crippen molar-refractivity contribution in [2.45, 2.75) is 20.0 Å². The van der Waals surface area contributed by atoms with Gasteiger partial charge in [-0.05, 0) is 49.2 Å². The molecule has 0 bridgehead atoms. The molecule has 4 rings (SSSR count). The molecular formula is C25H29N3O3S. The number of amides is 1. The summed E-state index contributed by atoms with van der Waals surface area (Å²) in [5, 5.41) is 3.02. The van der Waals surface area contributed by atoms with E-state index in [1.807, 2.05) is 53.6 Å². The van der Waals surface area contributed by atoms with Crippen molar-refractivity contribution >= 4 is 17.2 Å². The molecule has 1 saturated heterocycles. The molecule has 32 heavy (non-hydrogen) atoms. The second-order valence-corrected chi connectivity index (χ2v) is 8.97. The van der Waals surface area contributed by atoms with Crippen LogP contribution in [0.2, 0.25) is 0 Å². The Morgan fingerprint density at radius 3 is 2.53 bits per heavy atom. The summed E-state index contributed by atoms with van der Waals surface area (Å²) < 4.78 is 11.1. The molecule has 0 radical (unpaired) electrons. The highest BCUT2D eigenvalue weighted by Crippen LogP contribution is 2.19. The lowest BCUT2D eigenvalue weighted by atomic mass is 10.1. The molecule has 7 heteroatoms. The van der Waals surface area contributed by atoms with Crippen molar-refractivity contribution in [3.05, 3.63) is 75.7 Å². The fourth-order valence-corrected chi connectivity index (χ4v) is 4.38. The maximum absolute atomic E-state index is 13.0. The van der Waals surface area contributed by atoms with Crippen LogP contribution in [0.4, 0.5) is 0 Å². The molecule has 1 aliphatic heterocycles. The van der Waals surface area contributed by atoms with Crippen molar-refractivity contribution in [2.24, 2.45) is 0 Å². The molecule has 2 aromatic carbocycles. The molecule has 6 nitrogen and oxygen atoms in total. The van der Waals surface area contributed by atoms with E-state index in [4.69, 9.17) is 9.47 Å². The monoisotopic (exact) mass is 451 g/mol. The van der Waals surface area contributed by atoms with Crippen molar-refractivity contribution in [1.29, 1.82) is 0 Å². The average Bonchev–Trinajstić information content (AvgIpc) is 3.27. The smallest absolute Gasteiger partial charge is 0.254 e. The van der Waals surface area contributed by atoms with Crippen LogP contribution in [0.15, 0.2) is 53.9 Å². The van der Waals surface area contributed by atoms with Crippen molar-refractivity contribution < 1.29 is 14.3 Å². The van der Waals surface area contributed by atoms with Gasteiger partial charge < -0.3 is 14.4 Å². The summed E-state index contributed by atoms with van der Waals surface area (Å²) in [7, 11) is 1.68. The highest BCUT2D eigenvalue weighted by Gasteiger charge is 2.22. The standard InChI is InChI=1S/C25H29N3O3S/c1-19-26-22(18-32-19)17-31-24-5-3-4-21(16-24)25(29)28-14-12-27(13-15-28)11-10-20-6-8-23(30-2)9-7-20/h3-9,16,18H,10-15,17H2,1-2H3. The van der Waals surface area contributed by atoms with Crippen LogP contribution in [0.3, 0.4) is 0 Å². The van der Waals surface area contributed by atoms with Crippen LogP contribution < -0.4 is 9.47 Å². The van der Waals surface area contributed by atoms with E-state index in [1.165, 1.54) is 5.56 Å². The zero-order valence-corrected chi connectivity index (χ0v) is 19.4. The van der Waals surface area contributed by atoms with Crippen LogP contribution in [0, 0.1) is 6.92 Å². The van der Waals surface area contributed by atoms with Gasteiger partial charge in [0.25, 0.3) is 5.91 Å². The van der Waals surface area contributed by atoms with Crippen molar-refractivity contribution in [1.82, 2.24) is 14.8 Å². The molecule has 1 amide bonds. The molecule has 0 unspecified atom stereocenters.